The van der Waals surface area contributed by atoms with Crippen LogP contribution in [0, 0.1) is 6.92 Å². The van der Waals surface area contributed by atoms with Crippen LogP contribution in [-0.2, 0) is 17.8 Å². The van der Waals surface area contributed by atoms with Crippen LogP contribution in [0.2, 0.25) is 0 Å². The minimum atomic E-state index is 0.0814. The van der Waals surface area contributed by atoms with Gasteiger partial charge in [0.1, 0.15) is 0 Å². The van der Waals surface area contributed by atoms with Crippen molar-refractivity contribution in [3.63, 3.8) is 0 Å². The van der Waals surface area contributed by atoms with E-state index in [0.29, 0.717) is 19.6 Å². The minimum Gasteiger partial charge on any atom is -0.354 e. The van der Waals surface area contributed by atoms with Crippen molar-refractivity contribution < 1.29 is 9.32 Å². The summed E-state index contributed by atoms with van der Waals surface area (Å²) in [6.45, 7) is 6.08. The van der Waals surface area contributed by atoms with Crippen LogP contribution in [0.1, 0.15) is 11.4 Å². The zero-order chi connectivity index (χ0) is 20.1. The molecule has 29 heavy (non-hydrogen) atoms. The second-order valence-electron chi connectivity index (χ2n) is 6.97. The lowest BCUT2D eigenvalue weighted by Crippen LogP contribution is -2.48. The third-order valence-electron chi connectivity index (χ3n) is 4.78. The van der Waals surface area contributed by atoms with Gasteiger partial charge in [-0.2, -0.15) is 0 Å². The molecule has 3 aromatic rings. The molecule has 0 radical (unpaired) electrons. The first-order chi connectivity index (χ1) is 14.2. The fraction of sp³-hybridized carbons (Fsp3) is 0.400. The summed E-state index contributed by atoms with van der Waals surface area (Å²) < 4.78 is 7.66. The Hall–Kier alpha value is -2.78. The highest BCUT2D eigenvalue weighted by Gasteiger charge is 2.18. The molecular weight excluding hydrogens is 388 g/mol. The Labute approximate surface area is 172 Å². The second kappa shape index (κ2) is 9.15. The number of thiazole rings is 1. The molecule has 0 aromatic carbocycles. The Kier molecular flexibility index (Phi) is 6.16. The number of piperazine rings is 1. The Morgan fingerprint density at radius 3 is 3.03 bits per heavy atom. The molecule has 1 aliphatic rings. The van der Waals surface area contributed by atoms with Gasteiger partial charge in [0.15, 0.2) is 10.6 Å². The van der Waals surface area contributed by atoms with Gasteiger partial charge in [-0.15, -0.1) is 11.3 Å². The molecule has 4 rings (SSSR count). The number of hydrogen-bond donors (Lipinski definition) is 1. The molecule has 8 nitrogen and oxygen atoms in total. The Bertz CT molecular complexity index is 1020. The number of aryl methyl sites for hydroxylation is 1. The number of hydrogen-bond acceptors (Lipinski definition) is 7. The molecule has 1 saturated heterocycles. The maximum atomic E-state index is 11.7. The number of rotatable bonds is 7. The minimum absolute atomic E-state index is 0.0814. The second-order valence-corrected chi connectivity index (χ2v) is 7.80. The first-order valence-electron chi connectivity index (χ1n) is 9.70. The lowest BCUT2D eigenvalue weighted by atomic mass is 10.3. The molecule has 1 amide bonds. The van der Waals surface area contributed by atoms with Crippen molar-refractivity contribution in [3.8, 4) is 11.5 Å². The van der Waals surface area contributed by atoms with Crippen molar-refractivity contribution in [2.75, 3.05) is 32.7 Å². The first-order valence-corrected chi connectivity index (χ1v) is 10.6. The topological polar surface area (TPSA) is 88.5 Å². The highest BCUT2D eigenvalue weighted by molar-refractivity contribution is 7.07. The van der Waals surface area contributed by atoms with Gasteiger partial charge >= 0.3 is 0 Å². The molecule has 0 aliphatic carbocycles. The maximum absolute atomic E-state index is 11.7. The van der Waals surface area contributed by atoms with E-state index in [0.717, 1.165) is 53.7 Å². The Balaban J connectivity index is 1.54. The van der Waals surface area contributed by atoms with Gasteiger partial charge in [-0.1, -0.05) is 11.2 Å². The Morgan fingerprint density at radius 1 is 1.34 bits per heavy atom. The third-order valence-corrected chi connectivity index (χ3v) is 5.68. The summed E-state index contributed by atoms with van der Waals surface area (Å²) in [6, 6.07) is 7.86. The van der Waals surface area contributed by atoms with Crippen LogP contribution in [0.25, 0.3) is 11.5 Å². The molecule has 152 valence electrons. The summed E-state index contributed by atoms with van der Waals surface area (Å²) in [5.41, 5.74) is 2.84. The molecule has 9 heteroatoms. The zero-order valence-corrected chi connectivity index (χ0v) is 17.2. The zero-order valence-electron chi connectivity index (χ0n) is 16.4. The molecule has 0 spiro atoms. The summed E-state index contributed by atoms with van der Waals surface area (Å²) in [4.78, 5) is 23.9. The lowest BCUT2D eigenvalue weighted by molar-refractivity contribution is -0.124. The molecule has 1 aliphatic heterocycles. The van der Waals surface area contributed by atoms with Gasteiger partial charge in [-0.05, 0) is 19.1 Å². The highest BCUT2D eigenvalue weighted by atomic mass is 32.1. The van der Waals surface area contributed by atoms with Crippen molar-refractivity contribution in [3.05, 3.63) is 52.0 Å². The van der Waals surface area contributed by atoms with E-state index in [2.05, 4.69) is 30.3 Å². The summed E-state index contributed by atoms with van der Waals surface area (Å²) in [5, 5.41) is 8.94. The lowest BCUT2D eigenvalue weighted by Gasteiger charge is -2.26. The Morgan fingerprint density at radius 2 is 2.28 bits per heavy atom. The maximum Gasteiger partial charge on any atom is 0.234 e. The van der Waals surface area contributed by atoms with Crippen LogP contribution in [0.15, 0.2) is 45.4 Å². The summed E-state index contributed by atoms with van der Waals surface area (Å²) >= 11 is 1.59. The van der Waals surface area contributed by atoms with Gasteiger partial charge in [0.2, 0.25) is 5.91 Å². The number of pyridine rings is 1. The molecule has 3 aromatic heterocycles. The van der Waals surface area contributed by atoms with Gasteiger partial charge in [0.25, 0.3) is 0 Å². The molecule has 0 saturated carbocycles. The predicted molar refractivity (Wildman–Crippen MR) is 110 cm³/mol. The van der Waals surface area contributed by atoms with Crippen molar-refractivity contribution in [2.45, 2.75) is 19.9 Å². The van der Waals surface area contributed by atoms with Gasteiger partial charge in [-0.3, -0.25) is 19.7 Å². The molecular formula is C20H24N6O2S. The van der Waals surface area contributed by atoms with Gasteiger partial charge in [0, 0.05) is 62.5 Å². The number of amides is 1. The van der Waals surface area contributed by atoms with E-state index in [1.807, 2.05) is 31.2 Å². The molecule has 0 unspecified atom stereocenters. The van der Waals surface area contributed by atoms with Crippen LogP contribution in [0.3, 0.4) is 0 Å². The number of nitrogens with one attached hydrogen (secondary N) is 1. The van der Waals surface area contributed by atoms with E-state index >= 15 is 0 Å². The smallest absolute Gasteiger partial charge is 0.234 e. The van der Waals surface area contributed by atoms with Gasteiger partial charge in [0.05, 0.1) is 17.9 Å². The largest absolute Gasteiger partial charge is 0.354 e. The van der Waals surface area contributed by atoms with E-state index < -0.39 is 0 Å². The van der Waals surface area contributed by atoms with E-state index in [-0.39, 0.29) is 5.91 Å². The quantitative estimate of drug-likeness (QED) is 0.635. The fourth-order valence-electron chi connectivity index (χ4n) is 3.29. The van der Waals surface area contributed by atoms with Crippen molar-refractivity contribution in [1.82, 2.24) is 24.9 Å². The van der Waals surface area contributed by atoms with Crippen LogP contribution >= 0.6 is 11.3 Å². The van der Waals surface area contributed by atoms with Crippen molar-refractivity contribution in [1.29, 1.82) is 0 Å². The SMILES string of the molecule is Cc1cc(-c2csc(=NCCc3ccccn3)n2CCN2CCNC(=O)C2)on1. The number of carbonyl (C=O) groups excluding carboxylic acids is 1. The van der Waals surface area contributed by atoms with E-state index in [9.17, 15) is 4.79 Å². The van der Waals surface area contributed by atoms with E-state index in [1.54, 1.807) is 17.5 Å². The van der Waals surface area contributed by atoms with Crippen LogP contribution in [0.4, 0.5) is 0 Å². The molecule has 1 fully saturated rings. The summed E-state index contributed by atoms with van der Waals surface area (Å²) in [7, 11) is 0. The number of aromatic nitrogens is 3. The highest BCUT2D eigenvalue weighted by Crippen LogP contribution is 2.21. The molecule has 4 heterocycles. The van der Waals surface area contributed by atoms with E-state index in [4.69, 9.17) is 9.52 Å². The van der Waals surface area contributed by atoms with Crippen molar-refractivity contribution in [2.24, 2.45) is 4.99 Å². The average Bonchev–Trinajstić information content (AvgIpc) is 3.33. The number of nitrogens with zero attached hydrogens (tertiary/aromatic N) is 5. The molecule has 0 atom stereocenters. The summed E-state index contributed by atoms with van der Waals surface area (Å²) in [6.07, 6.45) is 2.60. The van der Waals surface area contributed by atoms with Crippen LogP contribution in [-0.4, -0.2) is 58.2 Å². The third kappa shape index (κ3) is 4.99. The average molecular weight is 413 g/mol. The normalized spacial score (nSPS) is 15.6. The van der Waals surface area contributed by atoms with Gasteiger partial charge in [-0.25, -0.2) is 0 Å². The predicted octanol–water partition coefficient (Wildman–Crippen LogP) is 1.48. The van der Waals surface area contributed by atoms with Gasteiger partial charge < -0.3 is 14.4 Å². The fourth-order valence-corrected chi connectivity index (χ4v) is 4.23. The van der Waals surface area contributed by atoms with Crippen LogP contribution in [0.5, 0.6) is 0 Å². The summed E-state index contributed by atoms with van der Waals surface area (Å²) in [5.74, 6) is 0.819. The standard InChI is InChI=1S/C20H24N6O2S/c1-15-12-18(28-24-15)17-14-29-20(23-7-5-16-4-2-3-6-21-16)26(17)11-10-25-9-8-22-19(27)13-25/h2-4,6,12,14H,5,7-11,13H2,1H3,(H,22,27). The monoisotopic (exact) mass is 412 g/mol. The molecule has 1 N–H and O–H groups in total. The van der Waals surface area contributed by atoms with E-state index in [1.165, 1.54) is 0 Å². The van der Waals surface area contributed by atoms with Crippen LogP contribution < -0.4 is 10.1 Å². The number of carbonyl (C=O) groups is 1. The first kappa shape index (κ1) is 19.5. The molecule has 0 bridgehead atoms. The van der Waals surface area contributed by atoms with Crippen molar-refractivity contribution >= 4 is 17.2 Å².